The zero-order chi connectivity index (χ0) is 13.4. The van der Waals surface area contributed by atoms with E-state index in [1.54, 1.807) is 0 Å². The van der Waals surface area contributed by atoms with Gasteiger partial charge in [-0.15, -0.1) is 11.3 Å². The second-order valence-corrected chi connectivity index (χ2v) is 5.86. The van der Waals surface area contributed by atoms with Crippen molar-refractivity contribution in [3.05, 3.63) is 21.3 Å². The molecule has 1 heterocycles. The van der Waals surface area contributed by atoms with Gasteiger partial charge >= 0.3 is 0 Å². The quantitative estimate of drug-likeness (QED) is 0.707. The Balaban J connectivity index is 2.46. The standard InChI is InChI=1S/C13H22ClNO2S/c1-3-7-16-8-9-17-13(10(15)4-2)11-5-6-12(14)18-11/h5-6,10,13H,3-4,7-9,15H2,1-2H3. The second-order valence-electron chi connectivity index (χ2n) is 4.12. The Morgan fingerprint density at radius 1 is 1.28 bits per heavy atom. The van der Waals surface area contributed by atoms with Gasteiger partial charge in [-0.3, -0.25) is 0 Å². The van der Waals surface area contributed by atoms with Crippen molar-refractivity contribution in [1.29, 1.82) is 0 Å². The van der Waals surface area contributed by atoms with Crippen LogP contribution in [0.25, 0.3) is 0 Å². The summed E-state index contributed by atoms with van der Waals surface area (Å²) in [5.74, 6) is 0. The predicted molar refractivity (Wildman–Crippen MR) is 77.4 cm³/mol. The lowest BCUT2D eigenvalue weighted by Crippen LogP contribution is -2.29. The number of thiophene rings is 1. The average Bonchev–Trinajstić information content (AvgIpc) is 2.79. The molecule has 1 aromatic rings. The molecule has 0 aliphatic heterocycles. The highest BCUT2D eigenvalue weighted by atomic mass is 35.5. The van der Waals surface area contributed by atoms with Crippen molar-refractivity contribution in [2.75, 3.05) is 19.8 Å². The average molecular weight is 292 g/mol. The topological polar surface area (TPSA) is 44.5 Å². The number of halogens is 1. The molecular weight excluding hydrogens is 270 g/mol. The van der Waals surface area contributed by atoms with Gasteiger partial charge in [0.25, 0.3) is 0 Å². The molecule has 1 aromatic heterocycles. The maximum atomic E-state index is 6.10. The van der Waals surface area contributed by atoms with Crippen molar-refractivity contribution >= 4 is 22.9 Å². The highest BCUT2D eigenvalue weighted by Gasteiger charge is 2.20. The Kier molecular flexibility index (Phi) is 7.86. The molecule has 0 bridgehead atoms. The third kappa shape index (κ3) is 5.24. The molecule has 0 aliphatic rings. The van der Waals surface area contributed by atoms with E-state index in [0.717, 1.165) is 28.7 Å². The van der Waals surface area contributed by atoms with Gasteiger partial charge in [0.2, 0.25) is 0 Å². The van der Waals surface area contributed by atoms with Crippen molar-refractivity contribution in [2.45, 2.75) is 38.8 Å². The first-order valence-electron chi connectivity index (χ1n) is 6.39. The fraction of sp³-hybridized carbons (Fsp3) is 0.692. The van der Waals surface area contributed by atoms with E-state index < -0.39 is 0 Å². The molecule has 1 rings (SSSR count). The van der Waals surface area contributed by atoms with Crippen molar-refractivity contribution in [3.63, 3.8) is 0 Å². The van der Waals surface area contributed by atoms with Gasteiger partial charge in [0.1, 0.15) is 6.10 Å². The molecule has 2 unspecified atom stereocenters. The van der Waals surface area contributed by atoms with Crippen LogP contribution in [-0.2, 0) is 9.47 Å². The van der Waals surface area contributed by atoms with Crippen LogP contribution < -0.4 is 5.73 Å². The molecule has 104 valence electrons. The lowest BCUT2D eigenvalue weighted by molar-refractivity contribution is -0.00608. The summed E-state index contributed by atoms with van der Waals surface area (Å²) in [6.07, 6.45) is 1.81. The summed E-state index contributed by atoms with van der Waals surface area (Å²) in [5.41, 5.74) is 6.10. The number of rotatable bonds is 9. The Labute approximate surface area is 118 Å². The smallest absolute Gasteiger partial charge is 0.107 e. The van der Waals surface area contributed by atoms with Crippen LogP contribution >= 0.6 is 22.9 Å². The molecule has 0 aliphatic carbocycles. The maximum absolute atomic E-state index is 6.10. The zero-order valence-corrected chi connectivity index (χ0v) is 12.6. The molecule has 3 nitrogen and oxygen atoms in total. The first-order valence-corrected chi connectivity index (χ1v) is 7.58. The summed E-state index contributed by atoms with van der Waals surface area (Å²) in [6, 6.07) is 3.86. The highest BCUT2D eigenvalue weighted by Crippen LogP contribution is 2.31. The third-order valence-corrected chi connectivity index (χ3v) is 3.90. The molecule has 2 N–H and O–H groups in total. The van der Waals surface area contributed by atoms with Crippen molar-refractivity contribution < 1.29 is 9.47 Å². The van der Waals surface area contributed by atoms with Crippen LogP contribution in [0.5, 0.6) is 0 Å². The van der Waals surface area contributed by atoms with Gasteiger partial charge in [0.05, 0.1) is 17.6 Å². The number of ether oxygens (including phenoxy) is 2. The summed E-state index contributed by atoms with van der Waals surface area (Å²) >= 11 is 7.48. The molecule has 0 saturated carbocycles. The van der Waals surface area contributed by atoms with Gasteiger partial charge in [0, 0.05) is 17.5 Å². The minimum atomic E-state index is -0.0854. The lowest BCUT2D eigenvalue weighted by Gasteiger charge is -2.22. The molecule has 0 amide bonds. The zero-order valence-electron chi connectivity index (χ0n) is 11.0. The molecule has 5 heteroatoms. The first kappa shape index (κ1) is 15.9. The van der Waals surface area contributed by atoms with E-state index in [-0.39, 0.29) is 12.1 Å². The van der Waals surface area contributed by atoms with Crippen molar-refractivity contribution in [2.24, 2.45) is 5.73 Å². The SMILES string of the molecule is CCCOCCOC(c1ccc(Cl)s1)C(N)CC. The van der Waals surface area contributed by atoms with Crippen LogP contribution in [0.4, 0.5) is 0 Å². The van der Waals surface area contributed by atoms with E-state index in [2.05, 4.69) is 13.8 Å². The lowest BCUT2D eigenvalue weighted by atomic mass is 10.1. The van der Waals surface area contributed by atoms with Crippen molar-refractivity contribution in [3.8, 4) is 0 Å². The van der Waals surface area contributed by atoms with Gasteiger partial charge in [-0.1, -0.05) is 25.4 Å². The monoisotopic (exact) mass is 291 g/mol. The molecule has 2 atom stereocenters. The van der Waals surface area contributed by atoms with Gasteiger partial charge in [-0.2, -0.15) is 0 Å². The van der Waals surface area contributed by atoms with Gasteiger partial charge in [0.15, 0.2) is 0 Å². The van der Waals surface area contributed by atoms with Gasteiger partial charge in [-0.05, 0) is 25.0 Å². The van der Waals surface area contributed by atoms with E-state index >= 15 is 0 Å². The van der Waals surface area contributed by atoms with E-state index in [1.165, 1.54) is 11.3 Å². The highest BCUT2D eigenvalue weighted by molar-refractivity contribution is 7.16. The fourth-order valence-corrected chi connectivity index (χ4v) is 2.78. The van der Waals surface area contributed by atoms with Crippen LogP contribution in [0.1, 0.15) is 37.7 Å². The van der Waals surface area contributed by atoms with Crippen LogP contribution in [0, 0.1) is 0 Å². The minimum absolute atomic E-state index is 0.00843. The van der Waals surface area contributed by atoms with Crippen LogP contribution in [-0.4, -0.2) is 25.9 Å². The molecule has 0 fully saturated rings. The molecule has 18 heavy (non-hydrogen) atoms. The molecule has 0 spiro atoms. The van der Waals surface area contributed by atoms with Crippen LogP contribution in [0.15, 0.2) is 12.1 Å². The molecular formula is C13H22ClNO2S. The summed E-state index contributed by atoms with van der Waals surface area (Å²) < 4.78 is 12.0. The van der Waals surface area contributed by atoms with Gasteiger partial charge in [-0.25, -0.2) is 0 Å². The Bertz CT molecular complexity index is 333. The predicted octanol–water partition coefficient (Wildman–Crippen LogP) is 3.62. The summed E-state index contributed by atoms with van der Waals surface area (Å²) in [7, 11) is 0. The first-order chi connectivity index (χ1) is 8.69. The third-order valence-electron chi connectivity index (χ3n) is 2.61. The Morgan fingerprint density at radius 2 is 2.06 bits per heavy atom. The Morgan fingerprint density at radius 3 is 2.61 bits per heavy atom. The summed E-state index contributed by atoms with van der Waals surface area (Å²) in [6.45, 7) is 6.10. The normalized spacial score (nSPS) is 14.7. The van der Waals surface area contributed by atoms with Gasteiger partial charge < -0.3 is 15.2 Å². The molecule has 0 radical (unpaired) electrons. The number of hydrogen-bond donors (Lipinski definition) is 1. The van der Waals surface area contributed by atoms with Crippen molar-refractivity contribution in [1.82, 2.24) is 0 Å². The fourth-order valence-electron chi connectivity index (χ4n) is 1.59. The minimum Gasteiger partial charge on any atom is -0.379 e. The maximum Gasteiger partial charge on any atom is 0.107 e. The van der Waals surface area contributed by atoms with E-state index in [0.29, 0.717) is 13.2 Å². The molecule has 0 aromatic carbocycles. The summed E-state index contributed by atoms with van der Waals surface area (Å²) in [5, 5.41) is 0. The molecule has 0 saturated heterocycles. The largest absolute Gasteiger partial charge is 0.379 e. The number of nitrogens with two attached hydrogens (primary N) is 1. The second kappa shape index (κ2) is 8.88. The number of hydrogen-bond acceptors (Lipinski definition) is 4. The Hall–Kier alpha value is -0.130. The van der Waals surface area contributed by atoms with E-state index in [1.807, 2.05) is 12.1 Å². The summed E-state index contributed by atoms with van der Waals surface area (Å²) in [4.78, 5) is 1.09. The van der Waals surface area contributed by atoms with Crippen LogP contribution in [0.2, 0.25) is 4.34 Å². The van der Waals surface area contributed by atoms with E-state index in [4.69, 9.17) is 26.8 Å². The van der Waals surface area contributed by atoms with E-state index in [9.17, 15) is 0 Å². The van der Waals surface area contributed by atoms with Crippen LogP contribution in [0.3, 0.4) is 0 Å².